The highest BCUT2D eigenvalue weighted by Crippen LogP contribution is 2.25. The summed E-state index contributed by atoms with van der Waals surface area (Å²) in [5.41, 5.74) is 1.96. The van der Waals surface area contributed by atoms with Crippen LogP contribution in [0.25, 0.3) is 0 Å². The Morgan fingerprint density at radius 3 is 2.80 bits per heavy atom. The number of ether oxygens (including phenoxy) is 1. The number of aromatic nitrogens is 1. The van der Waals surface area contributed by atoms with Gasteiger partial charge in [0.2, 0.25) is 0 Å². The Morgan fingerprint density at radius 1 is 1.55 bits per heavy atom. The van der Waals surface area contributed by atoms with E-state index in [1.54, 1.807) is 18.0 Å². The summed E-state index contributed by atoms with van der Waals surface area (Å²) < 4.78 is 5.10. The minimum absolute atomic E-state index is 0.186. The molecule has 1 aromatic heterocycles. The van der Waals surface area contributed by atoms with Crippen LogP contribution in [-0.4, -0.2) is 48.4 Å². The molecule has 0 N–H and O–H groups in total. The molecule has 0 aliphatic rings. The van der Waals surface area contributed by atoms with Gasteiger partial charge >= 0.3 is 5.97 Å². The average Bonchev–Trinajstić information content (AvgIpc) is 2.40. The molecule has 0 saturated heterocycles. The van der Waals surface area contributed by atoms with Gasteiger partial charge < -0.3 is 4.74 Å². The third kappa shape index (κ3) is 4.65. The third-order valence-electron chi connectivity index (χ3n) is 2.96. The maximum absolute atomic E-state index is 11.9. The predicted molar refractivity (Wildman–Crippen MR) is 83.4 cm³/mol. The van der Waals surface area contributed by atoms with E-state index in [4.69, 9.17) is 16.3 Å². The van der Waals surface area contributed by atoms with Crippen LogP contribution in [0.4, 0.5) is 0 Å². The fourth-order valence-corrected chi connectivity index (χ4v) is 3.22. The summed E-state index contributed by atoms with van der Waals surface area (Å²) in [6, 6.07) is 1.69. The fourth-order valence-electron chi connectivity index (χ4n) is 1.69. The quantitative estimate of drug-likeness (QED) is 0.439. The molecular formula is C14H21ClN2O2S. The molecule has 0 fully saturated rings. The molecule has 20 heavy (non-hydrogen) atoms. The molecule has 112 valence electrons. The number of rotatable bonds is 7. The topological polar surface area (TPSA) is 42.4 Å². The van der Waals surface area contributed by atoms with E-state index in [0.29, 0.717) is 18.2 Å². The van der Waals surface area contributed by atoms with Crippen molar-refractivity contribution < 1.29 is 9.53 Å². The van der Waals surface area contributed by atoms with Gasteiger partial charge in [0.1, 0.15) is 6.04 Å². The number of carbonyl (C=O) groups excluding carboxylic acids is 1. The van der Waals surface area contributed by atoms with E-state index in [0.717, 1.165) is 16.2 Å². The van der Waals surface area contributed by atoms with Gasteiger partial charge in [-0.3, -0.25) is 14.7 Å². The zero-order valence-electron chi connectivity index (χ0n) is 12.4. The van der Waals surface area contributed by atoms with Gasteiger partial charge in [-0.25, -0.2) is 0 Å². The smallest absolute Gasteiger partial charge is 0.324 e. The minimum Gasteiger partial charge on any atom is -0.465 e. The monoisotopic (exact) mass is 316 g/mol. The van der Waals surface area contributed by atoms with Gasteiger partial charge in [-0.15, -0.1) is 23.4 Å². The number of likely N-dealkylation sites (N-methyl/N-ethyl adjacent to an activating group) is 1. The molecule has 1 unspecified atom stereocenters. The number of esters is 1. The van der Waals surface area contributed by atoms with Crippen LogP contribution in [0.2, 0.25) is 0 Å². The molecule has 0 saturated carbocycles. The van der Waals surface area contributed by atoms with Crippen molar-refractivity contribution in [2.24, 2.45) is 0 Å². The molecule has 0 spiro atoms. The highest BCUT2D eigenvalue weighted by atomic mass is 35.5. The predicted octanol–water partition coefficient (Wildman–Crippen LogP) is 2.71. The number of carbonyl (C=O) groups is 1. The third-order valence-corrected chi connectivity index (χ3v) is 4.45. The second-order valence-corrected chi connectivity index (χ2v) is 5.89. The van der Waals surface area contributed by atoms with E-state index in [-0.39, 0.29) is 12.0 Å². The first-order chi connectivity index (χ1) is 9.51. The number of nitrogens with zero attached hydrogens (tertiary/aromatic N) is 2. The first kappa shape index (κ1) is 17.3. The van der Waals surface area contributed by atoms with E-state index in [1.165, 1.54) is 0 Å². The minimum atomic E-state index is -0.257. The molecule has 1 rings (SSSR count). The number of alkyl halides is 1. The Kier molecular flexibility index (Phi) is 7.34. The molecule has 0 amide bonds. The van der Waals surface area contributed by atoms with Gasteiger partial charge in [0.05, 0.1) is 18.2 Å². The summed E-state index contributed by atoms with van der Waals surface area (Å²) in [5.74, 6) is 0.849. The van der Waals surface area contributed by atoms with Crippen LogP contribution < -0.4 is 0 Å². The zero-order chi connectivity index (χ0) is 15.1. The van der Waals surface area contributed by atoms with E-state index in [1.807, 2.05) is 38.9 Å². The lowest BCUT2D eigenvalue weighted by Crippen LogP contribution is -2.39. The first-order valence-electron chi connectivity index (χ1n) is 6.47. The Labute approximate surface area is 129 Å². The van der Waals surface area contributed by atoms with Crippen LogP contribution in [0.5, 0.6) is 0 Å². The molecule has 0 aliphatic heterocycles. The van der Waals surface area contributed by atoms with Crippen LogP contribution in [0, 0.1) is 6.92 Å². The second kappa shape index (κ2) is 8.49. The summed E-state index contributed by atoms with van der Waals surface area (Å²) in [5, 5.41) is 0. The summed E-state index contributed by atoms with van der Waals surface area (Å²) in [6.45, 7) is 4.22. The summed E-state index contributed by atoms with van der Waals surface area (Å²) in [6.07, 6.45) is 1.75. The normalized spacial score (nSPS) is 12.5. The van der Waals surface area contributed by atoms with Gasteiger partial charge in [-0.2, -0.15) is 0 Å². The Bertz CT molecular complexity index is 455. The van der Waals surface area contributed by atoms with Gasteiger partial charge in [0.25, 0.3) is 0 Å². The Balaban J connectivity index is 2.75. The summed E-state index contributed by atoms with van der Waals surface area (Å²) in [7, 11) is 3.76. The number of pyridine rings is 1. The van der Waals surface area contributed by atoms with Crippen molar-refractivity contribution in [1.29, 1.82) is 0 Å². The first-order valence-corrected chi connectivity index (χ1v) is 7.99. The number of hydrogen-bond donors (Lipinski definition) is 0. The molecule has 6 heteroatoms. The van der Waals surface area contributed by atoms with Gasteiger partial charge in [-0.1, -0.05) is 0 Å². The van der Waals surface area contributed by atoms with Crippen molar-refractivity contribution in [2.75, 3.05) is 26.5 Å². The van der Waals surface area contributed by atoms with E-state index in [2.05, 4.69) is 4.98 Å². The Morgan fingerprint density at radius 2 is 2.25 bits per heavy atom. The molecular weight excluding hydrogens is 296 g/mol. The lowest BCUT2D eigenvalue weighted by Gasteiger charge is -2.22. The van der Waals surface area contributed by atoms with Crippen molar-refractivity contribution >= 4 is 29.3 Å². The number of hydrogen-bond acceptors (Lipinski definition) is 5. The SMILES string of the molecule is CCOC(=O)C(CSc1ccnc(CCl)c1C)N(C)C. The van der Waals surface area contributed by atoms with Crippen molar-refractivity contribution in [1.82, 2.24) is 9.88 Å². The zero-order valence-corrected chi connectivity index (χ0v) is 13.9. The number of halogens is 1. The molecule has 0 aliphatic carbocycles. The van der Waals surface area contributed by atoms with E-state index >= 15 is 0 Å². The fraction of sp³-hybridized carbons (Fsp3) is 0.571. The molecule has 4 nitrogen and oxygen atoms in total. The van der Waals surface area contributed by atoms with Crippen molar-refractivity contribution in [3.63, 3.8) is 0 Å². The van der Waals surface area contributed by atoms with Crippen LogP contribution in [-0.2, 0) is 15.4 Å². The van der Waals surface area contributed by atoms with Crippen molar-refractivity contribution in [3.05, 3.63) is 23.5 Å². The van der Waals surface area contributed by atoms with Crippen LogP contribution in [0.15, 0.2) is 17.2 Å². The van der Waals surface area contributed by atoms with Crippen molar-refractivity contribution in [3.8, 4) is 0 Å². The van der Waals surface area contributed by atoms with Crippen LogP contribution in [0.3, 0.4) is 0 Å². The summed E-state index contributed by atoms with van der Waals surface area (Å²) >= 11 is 7.48. The molecule has 1 aromatic rings. The van der Waals surface area contributed by atoms with Crippen LogP contribution in [0.1, 0.15) is 18.2 Å². The maximum Gasteiger partial charge on any atom is 0.324 e. The molecule has 0 bridgehead atoms. The van der Waals surface area contributed by atoms with Gasteiger partial charge in [-0.05, 0) is 39.6 Å². The second-order valence-electron chi connectivity index (χ2n) is 4.56. The molecule has 0 radical (unpaired) electrons. The standard InChI is InChI=1S/C14H21ClN2O2S/c1-5-19-14(18)12(17(3)4)9-20-13-6-7-16-11(8-15)10(13)2/h6-7,12H,5,8-9H2,1-4H3. The lowest BCUT2D eigenvalue weighted by atomic mass is 10.2. The van der Waals surface area contributed by atoms with Gasteiger partial charge in [0, 0.05) is 16.8 Å². The highest BCUT2D eigenvalue weighted by molar-refractivity contribution is 7.99. The summed E-state index contributed by atoms with van der Waals surface area (Å²) in [4.78, 5) is 19.1. The largest absolute Gasteiger partial charge is 0.465 e. The number of thioether (sulfide) groups is 1. The maximum atomic E-state index is 11.9. The lowest BCUT2D eigenvalue weighted by molar-refractivity contribution is -0.147. The average molecular weight is 317 g/mol. The molecule has 1 heterocycles. The van der Waals surface area contributed by atoms with E-state index < -0.39 is 0 Å². The molecule has 1 atom stereocenters. The molecule has 0 aromatic carbocycles. The van der Waals surface area contributed by atoms with Crippen LogP contribution >= 0.6 is 23.4 Å². The van der Waals surface area contributed by atoms with Gasteiger partial charge in [0.15, 0.2) is 0 Å². The highest BCUT2D eigenvalue weighted by Gasteiger charge is 2.22. The van der Waals surface area contributed by atoms with E-state index in [9.17, 15) is 4.79 Å². The van der Waals surface area contributed by atoms with Crippen molar-refractivity contribution in [2.45, 2.75) is 30.7 Å². The Hall–Kier alpha value is -0.780.